The number of likely N-dealkylation sites (tertiary alicyclic amines) is 1. The van der Waals surface area contributed by atoms with Gasteiger partial charge in [0.05, 0.1) is 30.7 Å². The summed E-state index contributed by atoms with van der Waals surface area (Å²) in [6.45, 7) is 18.0. The minimum atomic E-state index is -1.16. The minimum absolute atomic E-state index is 0.0180. The molecule has 1 aromatic carbocycles. The highest BCUT2D eigenvalue weighted by atomic mass is 16.5. The molecule has 218 valence electrons. The van der Waals surface area contributed by atoms with Crippen LogP contribution in [0.25, 0.3) is 0 Å². The maximum absolute atomic E-state index is 14.4. The second-order valence-electron chi connectivity index (χ2n) is 12.1. The third-order valence-electron chi connectivity index (χ3n) is 8.54. The van der Waals surface area contributed by atoms with Crippen molar-refractivity contribution in [3.63, 3.8) is 0 Å². The third kappa shape index (κ3) is 4.73. The van der Waals surface area contributed by atoms with Gasteiger partial charge >= 0.3 is 0 Å². The number of fused-ring (bicyclic) bond motifs is 1. The Hall–Kier alpha value is -3.17. The highest BCUT2D eigenvalue weighted by molar-refractivity contribution is 6.03. The van der Waals surface area contributed by atoms with E-state index in [0.29, 0.717) is 37.4 Å². The van der Waals surface area contributed by atoms with Crippen LogP contribution in [-0.4, -0.2) is 88.3 Å². The smallest absolute Gasteiger partial charge is 0.249 e. The van der Waals surface area contributed by atoms with Gasteiger partial charge in [-0.1, -0.05) is 12.2 Å². The molecule has 1 aromatic rings. The van der Waals surface area contributed by atoms with Crippen molar-refractivity contribution in [2.75, 3.05) is 37.7 Å². The van der Waals surface area contributed by atoms with Crippen LogP contribution < -0.4 is 9.64 Å². The van der Waals surface area contributed by atoms with Crippen LogP contribution in [0.4, 0.5) is 5.69 Å². The van der Waals surface area contributed by atoms with Crippen molar-refractivity contribution in [1.29, 1.82) is 0 Å². The number of hydrogen-bond acceptors (Lipinski definition) is 6. The standard InChI is InChI=1S/C31H43N3O6/c1-8-17-32(21-11-13-22(14-12-21)39-10-3)26(36)23-24-27(37)33(19-20-35)25(31(24)16-15-30(23,7)40-31)28(38)34(18-9-2)29(4,5)6/h8-9,11-14,23-25,35H,1-2,10,15-20H2,3-7H3/t23-,24-,25?,30+,31?/m0/s1. The lowest BCUT2D eigenvalue weighted by Crippen LogP contribution is -2.60. The van der Waals surface area contributed by atoms with Crippen LogP contribution in [0.5, 0.6) is 5.75 Å². The summed E-state index contributed by atoms with van der Waals surface area (Å²) in [6, 6.07) is 6.30. The zero-order valence-corrected chi connectivity index (χ0v) is 24.4. The van der Waals surface area contributed by atoms with E-state index in [9.17, 15) is 19.5 Å². The number of amides is 3. The van der Waals surface area contributed by atoms with Gasteiger partial charge in [-0.15, -0.1) is 13.2 Å². The second-order valence-corrected chi connectivity index (χ2v) is 12.1. The summed E-state index contributed by atoms with van der Waals surface area (Å²) in [5.74, 6) is -1.79. The molecule has 40 heavy (non-hydrogen) atoms. The largest absolute Gasteiger partial charge is 0.494 e. The lowest BCUT2D eigenvalue weighted by molar-refractivity contribution is -0.155. The number of anilines is 1. The van der Waals surface area contributed by atoms with Gasteiger partial charge < -0.3 is 29.3 Å². The molecule has 5 atom stereocenters. The SMILES string of the molecule is C=CCN(C(=O)[C@@H]1[C@H]2C(=O)N(CCO)C(C(=O)N(CC=C)C(C)(C)C)C23CC[C@@]1(C)O3)c1ccc(OCC)cc1. The average molecular weight is 554 g/mol. The van der Waals surface area contributed by atoms with E-state index in [4.69, 9.17) is 9.47 Å². The molecule has 1 N–H and O–H groups in total. The lowest BCUT2D eigenvalue weighted by atomic mass is 9.66. The average Bonchev–Trinajstić information content (AvgIpc) is 3.46. The Balaban J connectivity index is 1.77. The normalized spacial score (nSPS) is 28.8. The molecule has 3 fully saturated rings. The highest BCUT2D eigenvalue weighted by Gasteiger charge is 2.78. The second kappa shape index (κ2) is 11.0. The van der Waals surface area contributed by atoms with Crippen LogP contribution in [-0.2, 0) is 19.1 Å². The Morgan fingerprint density at radius 1 is 1.15 bits per heavy atom. The number of β-amino-alcohol motifs (C(OH)–C–C–N with tert-alkyl or cyclic N) is 1. The number of carbonyl (C=O) groups excluding carboxylic acids is 3. The monoisotopic (exact) mass is 553 g/mol. The molecule has 3 aliphatic heterocycles. The molecule has 9 heteroatoms. The number of benzene rings is 1. The van der Waals surface area contributed by atoms with Crippen LogP contribution in [0.3, 0.4) is 0 Å². The van der Waals surface area contributed by atoms with E-state index in [1.54, 1.807) is 22.0 Å². The Bertz CT molecular complexity index is 1160. The van der Waals surface area contributed by atoms with E-state index in [1.807, 2.05) is 58.9 Å². The molecule has 3 aliphatic rings. The molecule has 9 nitrogen and oxygen atoms in total. The predicted octanol–water partition coefficient (Wildman–Crippen LogP) is 3.17. The third-order valence-corrected chi connectivity index (χ3v) is 8.54. The molecule has 0 radical (unpaired) electrons. The first kappa shape index (κ1) is 29.8. The number of hydrogen-bond donors (Lipinski definition) is 1. The van der Waals surface area contributed by atoms with Crippen molar-refractivity contribution in [1.82, 2.24) is 9.80 Å². The molecule has 4 rings (SSSR count). The lowest BCUT2D eigenvalue weighted by Gasteiger charge is -2.42. The van der Waals surface area contributed by atoms with Crippen molar-refractivity contribution in [3.05, 3.63) is 49.6 Å². The van der Waals surface area contributed by atoms with Gasteiger partial charge in [-0.3, -0.25) is 14.4 Å². The van der Waals surface area contributed by atoms with Crippen LogP contribution in [0.1, 0.15) is 47.5 Å². The van der Waals surface area contributed by atoms with Gasteiger partial charge in [0.2, 0.25) is 17.7 Å². The summed E-state index contributed by atoms with van der Waals surface area (Å²) in [5, 5.41) is 9.90. The van der Waals surface area contributed by atoms with Gasteiger partial charge in [0.25, 0.3) is 0 Å². The molecule has 2 bridgehead atoms. The van der Waals surface area contributed by atoms with Crippen molar-refractivity contribution >= 4 is 23.4 Å². The first-order valence-electron chi connectivity index (χ1n) is 14.1. The van der Waals surface area contributed by atoms with Gasteiger partial charge in [-0.2, -0.15) is 0 Å². The fourth-order valence-corrected chi connectivity index (χ4v) is 6.91. The van der Waals surface area contributed by atoms with E-state index in [-0.39, 0.29) is 37.4 Å². The number of aliphatic hydroxyl groups is 1. The maximum Gasteiger partial charge on any atom is 0.249 e. The molecule has 0 aliphatic carbocycles. The summed E-state index contributed by atoms with van der Waals surface area (Å²) < 4.78 is 12.3. The summed E-state index contributed by atoms with van der Waals surface area (Å²) in [4.78, 5) is 47.5. The van der Waals surface area contributed by atoms with Crippen molar-refractivity contribution in [2.45, 2.75) is 70.2 Å². The molecule has 2 unspecified atom stereocenters. The van der Waals surface area contributed by atoms with Crippen LogP contribution in [0.15, 0.2) is 49.6 Å². The first-order chi connectivity index (χ1) is 18.9. The van der Waals surface area contributed by atoms with Crippen LogP contribution >= 0.6 is 0 Å². The molecule has 0 aromatic heterocycles. The zero-order valence-electron chi connectivity index (χ0n) is 24.4. The zero-order chi connectivity index (χ0) is 29.5. The summed E-state index contributed by atoms with van der Waals surface area (Å²) in [6.07, 6.45) is 4.32. The predicted molar refractivity (Wildman–Crippen MR) is 153 cm³/mol. The van der Waals surface area contributed by atoms with E-state index in [0.717, 1.165) is 0 Å². The summed E-state index contributed by atoms with van der Waals surface area (Å²) >= 11 is 0. The van der Waals surface area contributed by atoms with Crippen molar-refractivity contribution in [2.24, 2.45) is 11.8 Å². The molecule has 1 spiro atoms. The van der Waals surface area contributed by atoms with Gasteiger partial charge in [0, 0.05) is 30.9 Å². The van der Waals surface area contributed by atoms with Gasteiger partial charge in [0.1, 0.15) is 17.4 Å². The molecule has 3 saturated heterocycles. The van der Waals surface area contributed by atoms with E-state index >= 15 is 0 Å². The Morgan fingerprint density at radius 3 is 2.35 bits per heavy atom. The highest BCUT2D eigenvalue weighted by Crippen LogP contribution is 2.63. The van der Waals surface area contributed by atoms with Gasteiger partial charge in [-0.25, -0.2) is 0 Å². The molecule has 0 saturated carbocycles. The number of ether oxygens (including phenoxy) is 2. The van der Waals surface area contributed by atoms with Crippen molar-refractivity contribution < 1.29 is 29.0 Å². The number of rotatable bonds is 11. The molecule has 3 amide bonds. The molecular formula is C31H43N3O6. The maximum atomic E-state index is 14.4. The minimum Gasteiger partial charge on any atom is -0.494 e. The van der Waals surface area contributed by atoms with Gasteiger partial charge in [0.15, 0.2) is 0 Å². The van der Waals surface area contributed by atoms with E-state index < -0.39 is 34.6 Å². The molecule has 3 heterocycles. The number of nitrogens with zero attached hydrogens (tertiary/aromatic N) is 3. The first-order valence-corrected chi connectivity index (χ1v) is 14.1. The van der Waals surface area contributed by atoms with Crippen molar-refractivity contribution in [3.8, 4) is 5.75 Å². The molecular weight excluding hydrogens is 510 g/mol. The summed E-state index contributed by atoms with van der Waals surface area (Å²) in [5.41, 5.74) is -1.97. The number of aliphatic hydroxyl groups excluding tert-OH is 1. The fourth-order valence-electron chi connectivity index (χ4n) is 6.91. The van der Waals surface area contributed by atoms with Gasteiger partial charge in [-0.05, 0) is 71.7 Å². The Labute approximate surface area is 237 Å². The Kier molecular flexibility index (Phi) is 8.20. The Morgan fingerprint density at radius 2 is 1.80 bits per heavy atom. The quantitative estimate of drug-likeness (QED) is 0.423. The van der Waals surface area contributed by atoms with Crippen LogP contribution in [0.2, 0.25) is 0 Å². The topological polar surface area (TPSA) is 99.6 Å². The van der Waals surface area contributed by atoms with E-state index in [1.165, 1.54) is 4.90 Å². The number of carbonyl (C=O) groups is 3. The van der Waals surface area contributed by atoms with E-state index in [2.05, 4.69) is 13.2 Å². The fraction of sp³-hybridized carbons (Fsp3) is 0.581. The summed E-state index contributed by atoms with van der Waals surface area (Å²) in [7, 11) is 0. The van der Waals surface area contributed by atoms with Crippen LogP contribution in [0, 0.1) is 11.8 Å².